The summed E-state index contributed by atoms with van der Waals surface area (Å²) in [6, 6.07) is 0. The molecule has 1 rings (SSSR count). The van der Waals surface area contributed by atoms with Gasteiger partial charge in [-0.25, -0.2) is 4.79 Å². The van der Waals surface area contributed by atoms with E-state index in [0.717, 1.165) is 0 Å². The second kappa shape index (κ2) is 8.43. The monoisotopic (exact) mass is 398 g/mol. The van der Waals surface area contributed by atoms with E-state index in [1.54, 1.807) is 34.6 Å². The summed E-state index contributed by atoms with van der Waals surface area (Å²) >= 11 is 3.34. The van der Waals surface area contributed by atoms with Crippen LogP contribution in [-0.4, -0.2) is 41.6 Å². The number of halogens is 1. The first-order valence-electron chi connectivity index (χ1n) is 7.27. The Morgan fingerprint density at radius 2 is 1.86 bits per heavy atom. The van der Waals surface area contributed by atoms with Gasteiger partial charge < -0.3 is 13.8 Å². The third-order valence-electron chi connectivity index (χ3n) is 2.76. The highest BCUT2D eigenvalue weighted by Crippen LogP contribution is 2.57. The van der Waals surface area contributed by atoms with Gasteiger partial charge in [-0.1, -0.05) is 15.9 Å². The Morgan fingerprint density at radius 1 is 1.32 bits per heavy atom. The molecular formula is C13H24BrN2O5P. The molecule has 0 unspecified atom stereocenters. The van der Waals surface area contributed by atoms with Gasteiger partial charge in [-0.05, 0) is 34.6 Å². The van der Waals surface area contributed by atoms with Gasteiger partial charge in [0, 0.05) is 5.33 Å². The summed E-state index contributed by atoms with van der Waals surface area (Å²) in [5, 5.41) is 4.38. The molecule has 0 aliphatic carbocycles. The van der Waals surface area contributed by atoms with Crippen molar-refractivity contribution in [2.45, 2.75) is 52.6 Å². The molecule has 0 aromatic rings. The zero-order chi connectivity index (χ0) is 16.9. The van der Waals surface area contributed by atoms with Crippen molar-refractivity contribution in [3.63, 3.8) is 0 Å². The van der Waals surface area contributed by atoms with Crippen LogP contribution in [0.2, 0.25) is 0 Å². The van der Waals surface area contributed by atoms with Crippen molar-refractivity contribution in [2.24, 2.45) is 11.0 Å². The minimum Gasteiger partial charge on any atom is -0.461 e. The van der Waals surface area contributed by atoms with Crippen LogP contribution in [0.4, 0.5) is 0 Å². The fourth-order valence-corrected chi connectivity index (χ4v) is 5.40. The zero-order valence-electron chi connectivity index (χ0n) is 13.5. The van der Waals surface area contributed by atoms with Gasteiger partial charge in [0.1, 0.15) is 0 Å². The summed E-state index contributed by atoms with van der Waals surface area (Å²) in [4.78, 5) is 11.9. The second-order valence-electron chi connectivity index (χ2n) is 5.40. The Bertz CT molecular complexity index is 455. The van der Waals surface area contributed by atoms with E-state index < -0.39 is 25.3 Å². The van der Waals surface area contributed by atoms with Crippen LogP contribution in [0, 0.1) is 5.92 Å². The third kappa shape index (κ3) is 4.78. The van der Waals surface area contributed by atoms with Gasteiger partial charge in [-0.2, -0.15) is 5.10 Å². The van der Waals surface area contributed by atoms with Gasteiger partial charge in [0.2, 0.25) is 0 Å². The fraction of sp³-hybridized carbons (Fsp3) is 0.846. The number of carbonyl (C=O) groups excluding carboxylic acids is 1. The molecule has 0 spiro atoms. The van der Waals surface area contributed by atoms with Crippen molar-refractivity contribution < 1.29 is 23.1 Å². The van der Waals surface area contributed by atoms with Crippen LogP contribution < -0.4 is 5.43 Å². The number of ether oxygens (including phenoxy) is 1. The number of hydrogen-bond acceptors (Lipinski definition) is 7. The van der Waals surface area contributed by atoms with Crippen molar-refractivity contribution in [1.29, 1.82) is 0 Å². The number of nitrogens with one attached hydrogen (secondary N) is 1. The lowest BCUT2D eigenvalue weighted by Gasteiger charge is -2.29. The molecule has 22 heavy (non-hydrogen) atoms. The maximum absolute atomic E-state index is 13.2. The van der Waals surface area contributed by atoms with E-state index in [0.29, 0.717) is 5.33 Å². The second-order valence-corrected chi connectivity index (χ2v) is 8.11. The number of nitrogens with zero attached hydrogens (tertiary/aromatic N) is 1. The lowest BCUT2D eigenvalue weighted by molar-refractivity contribution is -0.135. The summed E-state index contributed by atoms with van der Waals surface area (Å²) in [7, 11) is -3.51. The van der Waals surface area contributed by atoms with Crippen molar-refractivity contribution in [2.75, 3.05) is 11.9 Å². The number of hydrazone groups is 1. The van der Waals surface area contributed by atoms with E-state index in [1.165, 1.54) is 0 Å². The molecule has 9 heteroatoms. The van der Waals surface area contributed by atoms with Gasteiger partial charge in [0.05, 0.1) is 24.7 Å². The number of rotatable bonds is 8. The SMILES string of the molecule is CCOC(=O)C1=NN[C@@H](P(=O)(OC(C)C)OC(C)C)[C@@H]1CBr. The van der Waals surface area contributed by atoms with Gasteiger partial charge in [0.15, 0.2) is 11.5 Å². The minimum absolute atomic E-state index is 0.198. The van der Waals surface area contributed by atoms with Crippen LogP contribution >= 0.6 is 23.5 Å². The Kier molecular flexibility index (Phi) is 7.52. The van der Waals surface area contributed by atoms with E-state index in [1.807, 2.05) is 0 Å². The Morgan fingerprint density at radius 3 is 2.27 bits per heavy atom. The zero-order valence-corrected chi connectivity index (χ0v) is 16.0. The molecule has 128 valence electrons. The van der Waals surface area contributed by atoms with Crippen molar-refractivity contribution >= 4 is 35.2 Å². The first-order valence-corrected chi connectivity index (χ1v) is 10.0. The number of carbonyl (C=O) groups is 1. The highest BCUT2D eigenvalue weighted by atomic mass is 79.9. The Hall–Kier alpha value is -0.430. The molecule has 0 amide bonds. The quantitative estimate of drug-likeness (QED) is 0.384. The molecule has 1 heterocycles. The number of alkyl halides is 1. The van der Waals surface area contributed by atoms with Crippen LogP contribution in [0.25, 0.3) is 0 Å². The van der Waals surface area contributed by atoms with Gasteiger partial charge in [0.25, 0.3) is 0 Å². The third-order valence-corrected chi connectivity index (χ3v) is 6.04. The topological polar surface area (TPSA) is 86.2 Å². The predicted molar refractivity (Wildman–Crippen MR) is 88.3 cm³/mol. The molecule has 0 saturated heterocycles. The largest absolute Gasteiger partial charge is 0.461 e. The van der Waals surface area contributed by atoms with Crippen LogP contribution in [0.5, 0.6) is 0 Å². The smallest absolute Gasteiger partial charge is 0.355 e. The van der Waals surface area contributed by atoms with Gasteiger partial charge >= 0.3 is 13.6 Å². The molecule has 1 aliphatic rings. The van der Waals surface area contributed by atoms with Crippen LogP contribution in [0.1, 0.15) is 34.6 Å². The fourth-order valence-electron chi connectivity index (χ4n) is 2.05. The molecular weight excluding hydrogens is 375 g/mol. The highest BCUT2D eigenvalue weighted by molar-refractivity contribution is 9.09. The Labute approximate surface area is 139 Å². The predicted octanol–water partition coefficient (Wildman–Crippen LogP) is 2.89. The molecule has 0 aromatic carbocycles. The molecule has 7 nitrogen and oxygen atoms in total. The van der Waals surface area contributed by atoms with Crippen molar-refractivity contribution in [3.8, 4) is 0 Å². The van der Waals surface area contributed by atoms with Gasteiger partial charge in [-0.15, -0.1) is 0 Å². The Balaban J connectivity index is 3.02. The summed E-state index contributed by atoms with van der Waals surface area (Å²) in [5.41, 5.74) is 2.94. The molecule has 0 radical (unpaired) electrons. The van der Waals surface area contributed by atoms with Crippen LogP contribution in [-0.2, 0) is 23.1 Å². The summed E-state index contributed by atoms with van der Waals surface area (Å²) < 4.78 is 29.3. The normalized spacial score (nSPS) is 21.9. The van der Waals surface area contributed by atoms with Crippen LogP contribution in [0.3, 0.4) is 0 Å². The van der Waals surface area contributed by atoms with E-state index in [9.17, 15) is 9.36 Å². The summed E-state index contributed by atoms with van der Waals surface area (Å²) in [6.45, 7) is 9.09. The van der Waals surface area contributed by atoms with E-state index in [2.05, 4.69) is 26.5 Å². The molecule has 0 aromatic heterocycles. The van der Waals surface area contributed by atoms with Crippen molar-refractivity contribution in [1.82, 2.24) is 5.43 Å². The number of hydrogen-bond donors (Lipinski definition) is 1. The average Bonchev–Trinajstić information content (AvgIpc) is 2.81. The first-order chi connectivity index (χ1) is 10.2. The highest BCUT2D eigenvalue weighted by Gasteiger charge is 2.49. The van der Waals surface area contributed by atoms with E-state index >= 15 is 0 Å². The average molecular weight is 399 g/mol. The maximum atomic E-state index is 13.2. The first kappa shape index (κ1) is 19.6. The van der Waals surface area contributed by atoms with E-state index in [-0.39, 0.29) is 24.5 Å². The summed E-state index contributed by atoms with van der Waals surface area (Å²) in [6.07, 6.45) is -0.567. The lowest BCUT2D eigenvalue weighted by atomic mass is 10.1. The molecule has 0 saturated carbocycles. The molecule has 0 bridgehead atoms. The maximum Gasteiger partial charge on any atom is 0.355 e. The van der Waals surface area contributed by atoms with Crippen molar-refractivity contribution in [3.05, 3.63) is 0 Å². The number of esters is 1. The molecule has 2 atom stereocenters. The van der Waals surface area contributed by atoms with Gasteiger partial charge in [-0.3, -0.25) is 9.99 Å². The molecule has 0 fully saturated rings. The lowest BCUT2D eigenvalue weighted by Crippen LogP contribution is -2.36. The molecule has 1 N–H and O–H groups in total. The van der Waals surface area contributed by atoms with Crippen LogP contribution in [0.15, 0.2) is 5.10 Å². The molecule has 1 aliphatic heterocycles. The summed E-state index contributed by atoms with van der Waals surface area (Å²) in [5.74, 6) is -1.71. The minimum atomic E-state index is -3.51. The van der Waals surface area contributed by atoms with E-state index in [4.69, 9.17) is 13.8 Å². The standard InChI is InChI=1S/C13H24BrN2O5P/c1-6-19-13(17)11-10(7-14)12(16-15-11)22(18,20-8(2)3)21-9(4)5/h8-10,12,16H,6-7H2,1-5H3/t10-,12+/m1/s1.